The smallest absolute Gasteiger partial charge is 0.220 e. The van der Waals surface area contributed by atoms with Crippen LogP contribution >= 0.6 is 11.6 Å². The van der Waals surface area contributed by atoms with Crippen LogP contribution in [0.4, 0.5) is 0 Å². The zero-order chi connectivity index (χ0) is 5.98. The highest BCUT2D eigenvalue weighted by Gasteiger charge is 2.18. The number of carbonyl (C=O) groups is 1. The van der Waals surface area contributed by atoms with Crippen molar-refractivity contribution in [2.75, 3.05) is 5.88 Å². The predicted molar refractivity (Wildman–Crippen MR) is 31.9 cm³/mol. The SMILES string of the molecule is O=C1CCC(CCl)N1. The van der Waals surface area contributed by atoms with Crippen molar-refractivity contribution in [2.24, 2.45) is 0 Å². The van der Waals surface area contributed by atoms with Crippen molar-refractivity contribution in [1.82, 2.24) is 5.32 Å². The Labute approximate surface area is 53.2 Å². The molecule has 1 N–H and O–H groups in total. The lowest BCUT2D eigenvalue weighted by Gasteiger charge is -2.00. The van der Waals surface area contributed by atoms with Crippen LogP contribution in [0.2, 0.25) is 0 Å². The van der Waals surface area contributed by atoms with Crippen LogP contribution in [-0.4, -0.2) is 17.8 Å². The summed E-state index contributed by atoms with van der Waals surface area (Å²) >= 11 is 5.46. The van der Waals surface area contributed by atoms with Crippen LogP contribution in [0.25, 0.3) is 0 Å². The zero-order valence-corrected chi connectivity index (χ0v) is 5.24. The van der Waals surface area contributed by atoms with Gasteiger partial charge in [0.2, 0.25) is 5.91 Å². The lowest BCUT2D eigenvalue weighted by Crippen LogP contribution is -2.26. The van der Waals surface area contributed by atoms with Gasteiger partial charge in [-0.15, -0.1) is 11.6 Å². The maximum atomic E-state index is 10.4. The van der Waals surface area contributed by atoms with E-state index in [0.717, 1.165) is 6.42 Å². The summed E-state index contributed by atoms with van der Waals surface area (Å²) in [5.41, 5.74) is 0. The summed E-state index contributed by atoms with van der Waals surface area (Å²) in [7, 11) is 0. The Bertz CT molecular complexity index is 105. The number of nitrogens with one attached hydrogen (secondary N) is 1. The molecule has 3 heteroatoms. The third-order valence-electron chi connectivity index (χ3n) is 1.27. The van der Waals surface area contributed by atoms with E-state index in [1.54, 1.807) is 0 Å². The van der Waals surface area contributed by atoms with Crippen LogP contribution in [-0.2, 0) is 4.79 Å². The molecule has 2 nitrogen and oxygen atoms in total. The molecule has 1 heterocycles. The monoisotopic (exact) mass is 133 g/mol. The summed E-state index contributed by atoms with van der Waals surface area (Å²) in [6, 6.07) is 0.240. The first kappa shape index (κ1) is 5.89. The van der Waals surface area contributed by atoms with E-state index in [-0.39, 0.29) is 11.9 Å². The van der Waals surface area contributed by atoms with Crippen LogP contribution < -0.4 is 5.32 Å². The number of amides is 1. The number of hydrogen-bond acceptors (Lipinski definition) is 1. The molecule has 1 aliphatic heterocycles. The molecular formula is C5H8ClNO. The fourth-order valence-electron chi connectivity index (χ4n) is 0.793. The van der Waals surface area contributed by atoms with Crippen molar-refractivity contribution in [3.63, 3.8) is 0 Å². The molecule has 0 aromatic carbocycles. The number of alkyl halides is 1. The van der Waals surface area contributed by atoms with Crippen LogP contribution in [0.5, 0.6) is 0 Å². The molecule has 1 unspecified atom stereocenters. The summed E-state index contributed by atoms with van der Waals surface area (Å²) < 4.78 is 0. The maximum absolute atomic E-state index is 10.4. The number of hydrogen-bond donors (Lipinski definition) is 1. The Hall–Kier alpha value is -0.240. The third-order valence-corrected chi connectivity index (χ3v) is 1.64. The highest BCUT2D eigenvalue weighted by atomic mass is 35.5. The molecule has 1 aliphatic rings. The topological polar surface area (TPSA) is 29.1 Å². The van der Waals surface area contributed by atoms with Gasteiger partial charge in [0.25, 0.3) is 0 Å². The highest BCUT2D eigenvalue weighted by molar-refractivity contribution is 6.18. The summed E-state index contributed by atoms with van der Waals surface area (Å²) in [5.74, 6) is 0.682. The second-order valence-corrected chi connectivity index (χ2v) is 2.27. The van der Waals surface area contributed by atoms with Crippen molar-refractivity contribution >= 4 is 17.5 Å². The van der Waals surface area contributed by atoms with Gasteiger partial charge in [-0.05, 0) is 6.42 Å². The summed E-state index contributed by atoms with van der Waals surface area (Å²) in [5, 5.41) is 2.73. The van der Waals surface area contributed by atoms with Gasteiger partial charge in [-0.2, -0.15) is 0 Å². The fourth-order valence-corrected chi connectivity index (χ4v) is 1.02. The van der Waals surface area contributed by atoms with Crippen molar-refractivity contribution < 1.29 is 4.79 Å². The van der Waals surface area contributed by atoms with Gasteiger partial charge in [-0.25, -0.2) is 0 Å². The Morgan fingerprint density at radius 3 is 2.88 bits per heavy atom. The number of halogens is 1. The Morgan fingerprint density at radius 1 is 1.88 bits per heavy atom. The van der Waals surface area contributed by atoms with Crippen molar-refractivity contribution in [1.29, 1.82) is 0 Å². The van der Waals surface area contributed by atoms with Gasteiger partial charge in [0.15, 0.2) is 0 Å². The molecule has 1 atom stereocenters. The van der Waals surface area contributed by atoms with Gasteiger partial charge in [0, 0.05) is 18.3 Å². The molecule has 0 aromatic rings. The van der Waals surface area contributed by atoms with Crippen LogP contribution in [0.15, 0.2) is 0 Å². The second kappa shape index (κ2) is 2.35. The van der Waals surface area contributed by atoms with Crippen LogP contribution in [0, 0.1) is 0 Å². The molecule has 0 radical (unpaired) electrons. The van der Waals surface area contributed by atoms with E-state index in [0.29, 0.717) is 12.3 Å². The summed E-state index contributed by atoms with van der Waals surface area (Å²) in [6.45, 7) is 0. The molecule has 1 fully saturated rings. The lowest BCUT2D eigenvalue weighted by atomic mass is 10.3. The second-order valence-electron chi connectivity index (χ2n) is 1.96. The maximum Gasteiger partial charge on any atom is 0.220 e. The van der Waals surface area contributed by atoms with Gasteiger partial charge >= 0.3 is 0 Å². The predicted octanol–water partition coefficient (Wildman–Crippen LogP) is 0.504. The molecule has 0 aliphatic carbocycles. The van der Waals surface area contributed by atoms with Crippen molar-refractivity contribution in [2.45, 2.75) is 18.9 Å². The quantitative estimate of drug-likeness (QED) is 0.519. The molecular weight excluding hydrogens is 126 g/mol. The molecule has 1 saturated heterocycles. The first-order valence-electron chi connectivity index (χ1n) is 2.68. The van der Waals surface area contributed by atoms with Crippen LogP contribution in [0.3, 0.4) is 0 Å². The number of rotatable bonds is 1. The zero-order valence-electron chi connectivity index (χ0n) is 4.48. The van der Waals surface area contributed by atoms with Crippen molar-refractivity contribution in [3.05, 3.63) is 0 Å². The van der Waals surface area contributed by atoms with Gasteiger partial charge in [-0.3, -0.25) is 4.79 Å². The van der Waals surface area contributed by atoms with E-state index in [1.165, 1.54) is 0 Å². The van der Waals surface area contributed by atoms with Crippen molar-refractivity contribution in [3.8, 4) is 0 Å². The molecule has 0 spiro atoms. The van der Waals surface area contributed by atoms with Gasteiger partial charge in [-0.1, -0.05) is 0 Å². The Kier molecular flexibility index (Phi) is 1.73. The van der Waals surface area contributed by atoms with E-state index in [9.17, 15) is 4.79 Å². The average Bonchev–Trinajstić information content (AvgIpc) is 2.14. The van der Waals surface area contributed by atoms with Gasteiger partial charge in [0.1, 0.15) is 0 Å². The summed E-state index contributed by atoms with van der Waals surface area (Å²) in [4.78, 5) is 10.4. The average molecular weight is 134 g/mol. The molecule has 46 valence electrons. The normalized spacial score (nSPS) is 28.1. The van der Waals surface area contributed by atoms with Gasteiger partial charge in [0.05, 0.1) is 0 Å². The minimum absolute atomic E-state index is 0.135. The highest BCUT2D eigenvalue weighted by Crippen LogP contribution is 2.06. The standard InChI is InChI=1S/C5H8ClNO/c6-3-4-1-2-5(8)7-4/h4H,1-3H2,(H,7,8). The van der Waals surface area contributed by atoms with E-state index in [4.69, 9.17) is 11.6 Å². The molecule has 8 heavy (non-hydrogen) atoms. The first-order chi connectivity index (χ1) is 3.83. The van der Waals surface area contributed by atoms with E-state index < -0.39 is 0 Å². The fraction of sp³-hybridized carbons (Fsp3) is 0.800. The molecule has 1 amide bonds. The minimum Gasteiger partial charge on any atom is -0.352 e. The Balaban J connectivity index is 2.32. The van der Waals surface area contributed by atoms with Gasteiger partial charge < -0.3 is 5.32 Å². The largest absolute Gasteiger partial charge is 0.352 e. The Morgan fingerprint density at radius 2 is 2.62 bits per heavy atom. The molecule has 0 bridgehead atoms. The van der Waals surface area contributed by atoms with E-state index >= 15 is 0 Å². The van der Waals surface area contributed by atoms with E-state index in [2.05, 4.69) is 5.32 Å². The number of carbonyl (C=O) groups excluding carboxylic acids is 1. The first-order valence-corrected chi connectivity index (χ1v) is 3.21. The van der Waals surface area contributed by atoms with E-state index in [1.807, 2.05) is 0 Å². The third kappa shape index (κ3) is 1.13. The molecule has 0 saturated carbocycles. The molecule has 0 aromatic heterocycles. The summed E-state index contributed by atoms with van der Waals surface area (Å²) in [6.07, 6.45) is 1.56. The van der Waals surface area contributed by atoms with Crippen LogP contribution in [0.1, 0.15) is 12.8 Å². The lowest BCUT2D eigenvalue weighted by molar-refractivity contribution is -0.119. The molecule has 1 rings (SSSR count). The minimum atomic E-state index is 0.135.